The molecule has 5 nitrogen and oxygen atoms in total. The fraction of sp³-hybridized carbons (Fsp3) is 0.188. The molecule has 0 spiro atoms. The third-order valence-corrected chi connectivity index (χ3v) is 5.12. The van der Waals surface area contributed by atoms with Crippen LogP contribution in [-0.4, -0.2) is 16.0 Å². The summed E-state index contributed by atoms with van der Waals surface area (Å²) in [4.78, 5) is 17.6. The molecule has 0 bridgehead atoms. The Morgan fingerprint density at radius 1 is 1.29 bits per heavy atom. The number of anilines is 1. The summed E-state index contributed by atoms with van der Waals surface area (Å²) in [7, 11) is 0. The number of halogens is 2. The summed E-state index contributed by atoms with van der Waals surface area (Å²) >= 11 is 13.4. The largest absolute Gasteiger partial charge is 0.333 e. The van der Waals surface area contributed by atoms with Crippen LogP contribution in [0.1, 0.15) is 34.9 Å². The number of thiophene rings is 1. The normalized spacial score (nSPS) is 13.9. The number of aromatic nitrogens is 2. The molecule has 0 radical (unpaired) electrons. The van der Waals surface area contributed by atoms with Crippen LogP contribution in [0.4, 0.5) is 5.69 Å². The highest BCUT2D eigenvalue weighted by Crippen LogP contribution is 2.40. The van der Waals surface area contributed by atoms with E-state index in [-0.39, 0.29) is 5.91 Å². The molecule has 0 saturated heterocycles. The molecule has 2 aromatic heterocycles. The van der Waals surface area contributed by atoms with Gasteiger partial charge >= 0.3 is 0 Å². The molecule has 3 aromatic rings. The molecule has 122 valence electrons. The van der Waals surface area contributed by atoms with Crippen molar-refractivity contribution in [2.75, 3.05) is 5.32 Å². The number of benzene rings is 1. The van der Waals surface area contributed by atoms with Gasteiger partial charge in [-0.3, -0.25) is 4.79 Å². The summed E-state index contributed by atoms with van der Waals surface area (Å²) in [5.74, 6) is 1.24. The van der Waals surface area contributed by atoms with Crippen LogP contribution in [0.5, 0.6) is 0 Å². The number of nitrogens with one attached hydrogen (secondary N) is 1. The van der Waals surface area contributed by atoms with Gasteiger partial charge in [-0.1, -0.05) is 28.4 Å². The van der Waals surface area contributed by atoms with Crippen molar-refractivity contribution in [3.63, 3.8) is 0 Å². The van der Waals surface area contributed by atoms with Crippen LogP contribution in [0, 0.1) is 0 Å². The minimum absolute atomic E-state index is 0.297. The van der Waals surface area contributed by atoms with E-state index in [9.17, 15) is 4.79 Å². The van der Waals surface area contributed by atoms with E-state index in [0.29, 0.717) is 33.1 Å². The molecule has 0 atom stereocenters. The van der Waals surface area contributed by atoms with Crippen LogP contribution in [0.2, 0.25) is 10.0 Å². The summed E-state index contributed by atoms with van der Waals surface area (Å²) in [6.45, 7) is 0. The lowest BCUT2D eigenvalue weighted by molar-refractivity contribution is 0.102. The Balaban J connectivity index is 1.58. The first kappa shape index (κ1) is 15.6. The topological polar surface area (TPSA) is 68.0 Å². The molecule has 0 unspecified atom stereocenters. The Hall–Kier alpha value is -1.89. The Bertz CT molecular complexity index is 918. The molecule has 24 heavy (non-hydrogen) atoms. The maximum absolute atomic E-state index is 12.5. The van der Waals surface area contributed by atoms with Crippen molar-refractivity contribution in [1.29, 1.82) is 0 Å². The summed E-state index contributed by atoms with van der Waals surface area (Å²) in [6, 6.07) is 6.54. The van der Waals surface area contributed by atoms with Gasteiger partial charge in [0.15, 0.2) is 5.82 Å². The standard InChI is InChI=1S/C16H11Cl2N3O2S/c17-9-3-4-10(11(18)7-9)15(22)19-12-5-6-24-13(12)16-20-14(21-23-16)8-1-2-8/h3-8H,1-2H2,(H,19,22). The first-order chi connectivity index (χ1) is 11.6. The Labute approximate surface area is 151 Å². The van der Waals surface area contributed by atoms with Crippen molar-refractivity contribution in [2.24, 2.45) is 0 Å². The van der Waals surface area contributed by atoms with Crippen LogP contribution in [0.3, 0.4) is 0 Å². The maximum atomic E-state index is 12.5. The third-order valence-electron chi connectivity index (χ3n) is 3.67. The Kier molecular flexibility index (Phi) is 4.04. The molecule has 8 heteroatoms. The van der Waals surface area contributed by atoms with Gasteiger partial charge in [0.2, 0.25) is 0 Å². The average Bonchev–Trinajstić information content (AvgIpc) is 3.10. The van der Waals surface area contributed by atoms with Crippen LogP contribution >= 0.6 is 34.5 Å². The van der Waals surface area contributed by atoms with Gasteiger partial charge in [0.25, 0.3) is 11.8 Å². The molecule has 1 aromatic carbocycles. The molecule has 1 saturated carbocycles. The fourth-order valence-electron chi connectivity index (χ4n) is 2.27. The molecular weight excluding hydrogens is 369 g/mol. The van der Waals surface area contributed by atoms with E-state index in [2.05, 4.69) is 15.5 Å². The van der Waals surface area contributed by atoms with E-state index in [0.717, 1.165) is 23.5 Å². The van der Waals surface area contributed by atoms with Crippen LogP contribution in [-0.2, 0) is 0 Å². The predicted octanol–water partition coefficient (Wildman–Crippen LogP) is 5.23. The van der Waals surface area contributed by atoms with Gasteiger partial charge in [-0.25, -0.2) is 0 Å². The fourth-order valence-corrected chi connectivity index (χ4v) is 3.54. The summed E-state index contributed by atoms with van der Waals surface area (Å²) in [5.41, 5.74) is 0.962. The summed E-state index contributed by atoms with van der Waals surface area (Å²) in [5, 5.41) is 9.48. The van der Waals surface area contributed by atoms with Crippen LogP contribution < -0.4 is 5.32 Å². The molecular formula is C16H11Cl2N3O2S. The van der Waals surface area contributed by atoms with E-state index in [1.165, 1.54) is 17.4 Å². The van der Waals surface area contributed by atoms with E-state index in [1.807, 2.05) is 5.38 Å². The second-order valence-corrected chi connectivity index (χ2v) is 7.23. The highest BCUT2D eigenvalue weighted by molar-refractivity contribution is 7.14. The van der Waals surface area contributed by atoms with Gasteiger partial charge in [-0.2, -0.15) is 4.98 Å². The quantitative estimate of drug-likeness (QED) is 0.673. The Morgan fingerprint density at radius 3 is 2.88 bits per heavy atom. The number of carbonyl (C=O) groups excluding carboxylic acids is 1. The van der Waals surface area contributed by atoms with Gasteiger partial charge in [0.1, 0.15) is 4.88 Å². The number of carbonyl (C=O) groups is 1. The van der Waals surface area contributed by atoms with Crippen LogP contribution in [0.15, 0.2) is 34.2 Å². The minimum atomic E-state index is -0.321. The minimum Gasteiger partial charge on any atom is -0.333 e. The highest BCUT2D eigenvalue weighted by atomic mass is 35.5. The molecule has 1 N–H and O–H groups in total. The summed E-state index contributed by atoms with van der Waals surface area (Å²) in [6.07, 6.45) is 2.20. The zero-order chi connectivity index (χ0) is 16.7. The van der Waals surface area contributed by atoms with Gasteiger partial charge in [-0.05, 0) is 42.5 Å². The van der Waals surface area contributed by atoms with Crippen molar-refractivity contribution in [2.45, 2.75) is 18.8 Å². The third kappa shape index (κ3) is 3.05. The predicted molar refractivity (Wildman–Crippen MR) is 94.0 cm³/mol. The van der Waals surface area contributed by atoms with Crippen molar-refractivity contribution in [3.8, 4) is 10.8 Å². The average molecular weight is 380 g/mol. The summed E-state index contributed by atoms with van der Waals surface area (Å²) < 4.78 is 5.33. The van der Waals surface area contributed by atoms with Crippen molar-refractivity contribution >= 4 is 46.1 Å². The molecule has 1 aliphatic carbocycles. The smallest absolute Gasteiger partial charge is 0.270 e. The van der Waals surface area contributed by atoms with E-state index >= 15 is 0 Å². The lowest BCUT2D eigenvalue weighted by atomic mass is 10.2. The van der Waals surface area contributed by atoms with Crippen molar-refractivity contribution < 1.29 is 9.32 Å². The van der Waals surface area contributed by atoms with Crippen molar-refractivity contribution in [3.05, 3.63) is 51.1 Å². The first-order valence-electron chi connectivity index (χ1n) is 7.29. The number of nitrogens with zero attached hydrogens (tertiary/aromatic N) is 2. The zero-order valence-electron chi connectivity index (χ0n) is 12.3. The number of hydrogen-bond acceptors (Lipinski definition) is 5. The van der Waals surface area contributed by atoms with Crippen molar-refractivity contribution in [1.82, 2.24) is 10.1 Å². The second-order valence-electron chi connectivity index (χ2n) is 5.47. The first-order valence-corrected chi connectivity index (χ1v) is 8.93. The zero-order valence-corrected chi connectivity index (χ0v) is 14.6. The van der Waals surface area contributed by atoms with E-state index in [1.54, 1.807) is 18.2 Å². The van der Waals surface area contributed by atoms with Crippen LogP contribution in [0.25, 0.3) is 10.8 Å². The number of rotatable bonds is 4. The molecule has 1 amide bonds. The molecule has 2 heterocycles. The lowest BCUT2D eigenvalue weighted by Crippen LogP contribution is -2.12. The number of hydrogen-bond donors (Lipinski definition) is 1. The van der Waals surface area contributed by atoms with Gasteiger partial charge in [0.05, 0.1) is 16.3 Å². The molecule has 1 fully saturated rings. The highest BCUT2D eigenvalue weighted by Gasteiger charge is 2.29. The van der Waals surface area contributed by atoms with E-state index in [4.69, 9.17) is 27.7 Å². The molecule has 0 aliphatic heterocycles. The maximum Gasteiger partial charge on any atom is 0.270 e. The van der Waals surface area contributed by atoms with Gasteiger partial charge in [0, 0.05) is 10.9 Å². The second kappa shape index (κ2) is 6.20. The van der Waals surface area contributed by atoms with Gasteiger partial charge < -0.3 is 9.84 Å². The lowest BCUT2D eigenvalue weighted by Gasteiger charge is -2.06. The van der Waals surface area contributed by atoms with Gasteiger partial charge in [-0.15, -0.1) is 11.3 Å². The number of amides is 1. The monoisotopic (exact) mass is 379 g/mol. The SMILES string of the molecule is O=C(Nc1ccsc1-c1nc(C2CC2)no1)c1ccc(Cl)cc1Cl. The Morgan fingerprint density at radius 2 is 2.12 bits per heavy atom. The van der Waals surface area contributed by atoms with E-state index < -0.39 is 0 Å². The molecule has 4 rings (SSSR count). The molecule has 1 aliphatic rings.